The van der Waals surface area contributed by atoms with Crippen molar-refractivity contribution in [1.82, 2.24) is 25.1 Å². The van der Waals surface area contributed by atoms with E-state index in [0.29, 0.717) is 31.2 Å². The lowest BCUT2D eigenvalue weighted by atomic mass is 9.86. The molecule has 1 aromatic carbocycles. The summed E-state index contributed by atoms with van der Waals surface area (Å²) in [6.07, 6.45) is 1.88. The van der Waals surface area contributed by atoms with Gasteiger partial charge in [0.15, 0.2) is 5.69 Å². The van der Waals surface area contributed by atoms with E-state index in [0.717, 1.165) is 18.4 Å². The molecule has 1 aliphatic heterocycles. The fraction of sp³-hybridized carbons (Fsp3) is 0.500. The molecule has 0 spiro atoms. The summed E-state index contributed by atoms with van der Waals surface area (Å²) in [5, 5.41) is 5.52. The van der Waals surface area contributed by atoms with Crippen LogP contribution in [0.4, 0.5) is 0 Å². The Labute approximate surface area is 188 Å². The predicted octanol–water partition coefficient (Wildman–Crippen LogP) is 2.19. The van der Waals surface area contributed by atoms with E-state index in [1.165, 1.54) is 0 Å². The number of hydrogen-bond acceptors (Lipinski definition) is 4. The molecule has 2 aliphatic rings. The zero-order chi connectivity index (χ0) is 23.0. The molecule has 8 heteroatoms. The highest BCUT2D eigenvalue weighted by molar-refractivity contribution is 5.98. The van der Waals surface area contributed by atoms with Gasteiger partial charge in [-0.15, -0.1) is 0 Å². The van der Waals surface area contributed by atoms with E-state index in [1.807, 2.05) is 60.6 Å². The lowest BCUT2D eigenvalue weighted by molar-refractivity contribution is -0.134. The number of likely N-dealkylation sites (N-methyl/N-ethyl adjacent to an activating group) is 1. The lowest BCUT2D eigenvalue weighted by Crippen LogP contribution is -2.53. The minimum absolute atomic E-state index is 0.119. The van der Waals surface area contributed by atoms with Gasteiger partial charge in [0.2, 0.25) is 11.8 Å². The summed E-state index contributed by atoms with van der Waals surface area (Å²) < 4.78 is 2.03. The molecule has 170 valence electrons. The molecular weight excluding hydrogens is 406 g/mol. The van der Waals surface area contributed by atoms with Crippen LogP contribution in [0.3, 0.4) is 0 Å². The largest absolute Gasteiger partial charge is 0.357 e. The molecule has 0 unspecified atom stereocenters. The molecule has 0 bridgehead atoms. The van der Waals surface area contributed by atoms with Crippen LogP contribution in [0.1, 0.15) is 49.8 Å². The summed E-state index contributed by atoms with van der Waals surface area (Å²) in [6.45, 7) is 7.24. The van der Waals surface area contributed by atoms with Crippen molar-refractivity contribution in [2.75, 3.05) is 13.6 Å². The quantitative estimate of drug-likeness (QED) is 0.750. The number of imidazole rings is 1. The third-order valence-corrected chi connectivity index (χ3v) is 6.14. The zero-order valence-electron chi connectivity index (χ0n) is 19.1. The van der Waals surface area contributed by atoms with Gasteiger partial charge in [0.25, 0.3) is 5.91 Å². The first-order valence-corrected chi connectivity index (χ1v) is 11.2. The first kappa shape index (κ1) is 22.0. The molecule has 8 nitrogen and oxygen atoms in total. The second-order valence-corrected chi connectivity index (χ2v) is 9.67. The molecule has 1 aromatic heterocycles. The van der Waals surface area contributed by atoms with E-state index >= 15 is 0 Å². The summed E-state index contributed by atoms with van der Waals surface area (Å²) in [5.41, 5.74) is 1.42. The number of rotatable bonds is 5. The number of nitrogens with one attached hydrogen (secondary N) is 2. The second kappa shape index (κ2) is 8.41. The van der Waals surface area contributed by atoms with Crippen LogP contribution < -0.4 is 10.6 Å². The summed E-state index contributed by atoms with van der Waals surface area (Å²) in [6, 6.07) is 9.01. The van der Waals surface area contributed by atoms with Crippen molar-refractivity contribution < 1.29 is 14.4 Å². The van der Waals surface area contributed by atoms with Gasteiger partial charge in [-0.25, -0.2) is 4.98 Å². The average molecular weight is 438 g/mol. The van der Waals surface area contributed by atoms with Gasteiger partial charge in [0.1, 0.15) is 11.9 Å². The number of fused-ring (bicyclic) bond motifs is 1. The first-order chi connectivity index (χ1) is 15.2. The van der Waals surface area contributed by atoms with Crippen LogP contribution in [0.25, 0.3) is 11.4 Å². The Hall–Kier alpha value is -3.16. The lowest BCUT2D eigenvalue weighted by Gasteiger charge is -2.31. The van der Waals surface area contributed by atoms with Gasteiger partial charge < -0.3 is 20.1 Å². The number of amides is 3. The Balaban J connectivity index is 1.71. The monoisotopic (exact) mass is 437 g/mol. The predicted molar refractivity (Wildman–Crippen MR) is 121 cm³/mol. The maximum absolute atomic E-state index is 13.4. The highest BCUT2D eigenvalue weighted by Crippen LogP contribution is 2.34. The van der Waals surface area contributed by atoms with Crippen LogP contribution in [-0.4, -0.2) is 51.8 Å². The molecule has 3 amide bonds. The third kappa shape index (κ3) is 4.26. The summed E-state index contributed by atoms with van der Waals surface area (Å²) in [5.74, 6) is 0.321. The molecule has 4 rings (SSSR count). The number of aromatic nitrogens is 2. The number of nitrogens with zero attached hydrogens (tertiary/aromatic N) is 3. The van der Waals surface area contributed by atoms with Crippen molar-refractivity contribution in [3.05, 3.63) is 41.7 Å². The third-order valence-electron chi connectivity index (χ3n) is 6.14. The molecule has 2 heterocycles. The van der Waals surface area contributed by atoms with Crippen LogP contribution in [0.5, 0.6) is 0 Å². The molecule has 1 aliphatic carbocycles. The Morgan fingerprint density at radius 3 is 2.38 bits per heavy atom. The second-order valence-electron chi connectivity index (χ2n) is 9.67. The van der Waals surface area contributed by atoms with Gasteiger partial charge >= 0.3 is 0 Å². The molecule has 1 fully saturated rings. The molecular formula is C24H31N5O3. The van der Waals surface area contributed by atoms with Crippen LogP contribution >= 0.6 is 0 Å². The maximum Gasteiger partial charge on any atom is 0.272 e. The van der Waals surface area contributed by atoms with E-state index in [4.69, 9.17) is 4.98 Å². The van der Waals surface area contributed by atoms with Crippen molar-refractivity contribution in [3.8, 4) is 11.4 Å². The van der Waals surface area contributed by atoms with Crippen molar-refractivity contribution >= 4 is 17.7 Å². The van der Waals surface area contributed by atoms with E-state index in [9.17, 15) is 14.4 Å². The number of carbonyl (C=O) groups is 3. The highest BCUT2D eigenvalue weighted by Gasteiger charge is 2.38. The Morgan fingerprint density at radius 2 is 1.78 bits per heavy atom. The van der Waals surface area contributed by atoms with Crippen LogP contribution in [0, 0.1) is 11.3 Å². The van der Waals surface area contributed by atoms with Gasteiger partial charge in [0, 0.05) is 31.6 Å². The summed E-state index contributed by atoms with van der Waals surface area (Å²) in [7, 11) is 1.56. The first-order valence-electron chi connectivity index (χ1n) is 11.2. The highest BCUT2D eigenvalue weighted by atomic mass is 16.2. The van der Waals surface area contributed by atoms with E-state index in [1.54, 1.807) is 7.05 Å². The van der Waals surface area contributed by atoms with Gasteiger partial charge in [-0.2, -0.15) is 0 Å². The smallest absolute Gasteiger partial charge is 0.272 e. The van der Waals surface area contributed by atoms with Crippen molar-refractivity contribution in [2.45, 2.75) is 52.7 Å². The Morgan fingerprint density at radius 1 is 1.09 bits per heavy atom. The average Bonchev–Trinajstić information content (AvgIpc) is 3.56. The number of benzene rings is 1. The van der Waals surface area contributed by atoms with Crippen LogP contribution in [-0.2, 0) is 22.7 Å². The Bertz CT molecular complexity index is 1030. The van der Waals surface area contributed by atoms with Crippen LogP contribution in [0.2, 0.25) is 0 Å². The van der Waals surface area contributed by atoms with Crippen molar-refractivity contribution in [3.63, 3.8) is 0 Å². The molecule has 2 N–H and O–H groups in total. The number of carbonyl (C=O) groups excluding carboxylic acids is 3. The minimum Gasteiger partial charge on any atom is -0.357 e. The van der Waals surface area contributed by atoms with Crippen molar-refractivity contribution in [1.29, 1.82) is 0 Å². The maximum atomic E-state index is 13.4. The zero-order valence-corrected chi connectivity index (χ0v) is 19.1. The Kier molecular flexibility index (Phi) is 5.79. The van der Waals surface area contributed by atoms with E-state index < -0.39 is 17.4 Å². The normalized spacial score (nSPS) is 16.8. The minimum atomic E-state index is -0.717. The molecule has 1 saturated carbocycles. The fourth-order valence-electron chi connectivity index (χ4n) is 4.15. The van der Waals surface area contributed by atoms with Gasteiger partial charge in [-0.1, -0.05) is 51.1 Å². The van der Waals surface area contributed by atoms with Gasteiger partial charge in [0.05, 0.1) is 12.2 Å². The van der Waals surface area contributed by atoms with Crippen LogP contribution in [0.15, 0.2) is 30.3 Å². The summed E-state index contributed by atoms with van der Waals surface area (Å²) >= 11 is 0. The SMILES string of the molecule is CNC(=O)[C@@H](NC(=O)c1nc(-c2ccccc2)n2c1CN(C(=O)C1CC1)CC2)C(C)(C)C. The molecule has 32 heavy (non-hydrogen) atoms. The molecule has 0 saturated heterocycles. The van der Waals surface area contributed by atoms with Gasteiger partial charge in [-0.3, -0.25) is 14.4 Å². The fourth-order valence-corrected chi connectivity index (χ4v) is 4.15. The van der Waals surface area contributed by atoms with E-state index in [-0.39, 0.29) is 23.4 Å². The van der Waals surface area contributed by atoms with Gasteiger partial charge in [-0.05, 0) is 18.3 Å². The van der Waals surface area contributed by atoms with E-state index in [2.05, 4.69) is 10.6 Å². The van der Waals surface area contributed by atoms with Crippen molar-refractivity contribution in [2.24, 2.45) is 11.3 Å². The number of hydrogen-bond donors (Lipinski definition) is 2. The standard InChI is InChI=1S/C24H31N5O3/c1-24(2,3)19(22(31)25-4)27-21(30)18-17-14-28(23(32)16-10-11-16)12-13-29(17)20(26-18)15-8-6-5-7-9-15/h5-9,16,19H,10-14H2,1-4H3,(H,25,31)(H,27,30)/t19-/m1/s1. The molecule has 2 aromatic rings. The molecule has 0 radical (unpaired) electrons. The topological polar surface area (TPSA) is 96.3 Å². The summed E-state index contributed by atoms with van der Waals surface area (Å²) in [4.78, 5) is 45.1. The molecule has 1 atom stereocenters.